The van der Waals surface area contributed by atoms with Crippen LogP contribution < -0.4 is 5.32 Å². The number of aliphatic hydroxyl groups excluding tert-OH is 1. The third kappa shape index (κ3) is 1.46. The average Bonchev–Trinajstić information content (AvgIpc) is 2.65. The molecule has 0 amide bonds. The van der Waals surface area contributed by atoms with Gasteiger partial charge in [-0.2, -0.15) is 0 Å². The van der Waals surface area contributed by atoms with Crippen LogP contribution in [-0.4, -0.2) is 27.2 Å². The fraction of sp³-hybridized carbons (Fsp3) is 0.417. The first kappa shape index (κ1) is 9.66. The monoisotopic (exact) mass is 217 g/mol. The predicted molar refractivity (Wildman–Crippen MR) is 63.4 cm³/mol. The number of fused-ring (bicyclic) bond motifs is 1. The van der Waals surface area contributed by atoms with Crippen LogP contribution in [-0.2, 0) is 0 Å². The van der Waals surface area contributed by atoms with Crippen molar-refractivity contribution in [2.24, 2.45) is 0 Å². The Kier molecular flexibility index (Phi) is 2.11. The van der Waals surface area contributed by atoms with Crippen molar-refractivity contribution in [2.75, 3.05) is 11.9 Å². The number of H-pyrrole nitrogens is 1. The number of aliphatic hydroxyl groups is 1. The summed E-state index contributed by atoms with van der Waals surface area (Å²) in [6, 6.07) is 7.93. The Morgan fingerprint density at radius 1 is 1.38 bits per heavy atom. The zero-order valence-corrected chi connectivity index (χ0v) is 9.03. The van der Waals surface area contributed by atoms with E-state index in [0.717, 1.165) is 29.8 Å². The quantitative estimate of drug-likeness (QED) is 0.735. The molecule has 0 unspecified atom stereocenters. The van der Waals surface area contributed by atoms with E-state index in [-0.39, 0.29) is 12.1 Å². The number of nitrogens with one attached hydrogen (secondary N) is 2. The smallest absolute Gasteiger partial charge is 0.201 e. The SMILES string of the molecule is OCC1(Nc2nc3ccccc3[nH]2)CCC1. The maximum Gasteiger partial charge on any atom is 0.201 e. The molecule has 1 aromatic carbocycles. The molecule has 1 fully saturated rings. The number of hydrogen-bond acceptors (Lipinski definition) is 3. The lowest BCUT2D eigenvalue weighted by Crippen LogP contribution is -2.48. The molecule has 3 rings (SSSR count). The van der Waals surface area contributed by atoms with E-state index < -0.39 is 0 Å². The fourth-order valence-corrected chi connectivity index (χ4v) is 2.19. The molecular formula is C12H15N3O. The van der Waals surface area contributed by atoms with Crippen molar-refractivity contribution in [3.63, 3.8) is 0 Å². The Morgan fingerprint density at radius 2 is 2.19 bits per heavy atom. The molecule has 0 atom stereocenters. The molecule has 1 aliphatic rings. The van der Waals surface area contributed by atoms with Crippen LogP contribution in [0, 0.1) is 0 Å². The lowest BCUT2D eigenvalue weighted by atomic mass is 9.77. The number of anilines is 1. The highest BCUT2D eigenvalue weighted by molar-refractivity contribution is 5.77. The van der Waals surface area contributed by atoms with Crippen LogP contribution in [0.5, 0.6) is 0 Å². The van der Waals surface area contributed by atoms with Gasteiger partial charge in [0.05, 0.1) is 23.2 Å². The molecule has 1 aliphatic carbocycles. The van der Waals surface area contributed by atoms with Gasteiger partial charge in [0.15, 0.2) is 0 Å². The van der Waals surface area contributed by atoms with Crippen molar-refractivity contribution in [1.82, 2.24) is 9.97 Å². The predicted octanol–water partition coefficient (Wildman–Crippen LogP) is 1.89. The minimum Gasteiger partial charge on any atom is -0.394 e. The molecule has 0 bridgehead atoms. The van der Waals surface area contributed by atoms with Crippen LogP contribution in [0.25, 0.3) is 11.0 Å². The number of aromatic amines is 1. The maximum absolute atomic E-state index is 9.37. The lowest BCUT2D eigenvalue weighted by molar-refractivity contribution is 0.143. The van der Waals surface area contributed by atoms with E-state index in [9.17, 15) is 5.11 Å². The number of imidazole rings is 1. The second kappa shape index (κ2) is 3.49. The molecule has 2 aromatic rings. The highest BCUT2D eigenvalue weighted by Crippen LogP contribution is 2.34. The van der Waals surface area contributed by atoms with Crippen LogP contribution in [0.15, 0.2) is 24.3 Å². The van der Waals surface area contributed by atoms with Crippen molar-refractivity contribution in [3.8, 4) is 0 Å². The summed E-state index contributed by atoms with van der Waals surface area (Å²) in [5.74, 6) is 0.759. The van der Waals surface area contributed by atoms with Gasteiger partial charge in [0.1, 0.15) is 0 Å². The standard InChI is InChI=1S/C12H15N3O/c16-8-12(6-3-7-12)15-11-13-9-4-1-2-5-10(9)14-11/h1-2,4-5,16H,3,6-8H2,(H2,13,14,15). The second-order valence-electron chi connectivity index (χ2n) is 4.52. The van der Waals surface area contributed by atoms with Crippen LogP contribution >= 0.6 is 0 Å². The second-order valence-corrected chi connectivity index (χ2v) is 4.52. The van der Waals surface area contributed by atoms with Gasteiger partial charge in [-0.1, -0.05) is 12.1 Å². The number of benzene rings is 1. The summed E-state index contributed by atoms with van der Waals surface area (Å²) in [5.41, 5.74) is 1.84. The van der Waals surface area contributed by atoms with Crippen LogP contribution in [0.2, 0.25) is 0 Å². The molecule has 1 saturated carbocycles. The van der Waals surface area contributed by atoms with Gasteiger partial charge in [0.25, 0.3) is 0 Å². The number of aromatic nitrogens is 2. The first-order chi connectivity index (χ1) is 7.81. The van der Waals surface area contributed by atoms with E-state index in [1.807, 2.05) is 24.3 Å². The summed E-state index contributed by atoms with van der Waals surface area (Å²) in [7, 11) is 0. The normalized spacial score (nSPS) is 18.3. The zero-order valence-electron chi connectivity index (χ0n) is 9.03. The number of rotatable bonds is 3. The average molecular weight is 217 g/mol. The molecular weight excluding hydrogens is 202 g/mol. The molecule has 3 N–H and O–H groups in total. The van der Waals surface area contributed by atoms with Crippen LogP contribution in [0.1, 0.15) is 19.3 Å². The molecule has 0 aliphatic heterocycles. The molecule has 1 aromatic heterocycles. The summed E-state index contributed by atoms with van der Waals surface area (Å²) < 4.78 is 0. The highest BCUT2D eigenvalue weighted by Gasteiger charge is 2.36. The lowest BCUT2D eigenvalue weighted by Gasteiger charge is -2.40. The molecule has 4 heteroatoms. The minimum atomic E-state index is -0.145. The molecule has 16 heavy (non-hydrogen) atoms. The Labute approximate surface area is 93.7 Å². The van der Waals surface area contributed by atoms with E-state index in [0.29, 0.717) is 0 Å². The first-order valence-electron chi connectivity index (χ1n) is 5.65. The molecule has 0 radical (unpaired) electrons. The van der Waals surface area contributed by atoms with Gasteiger partial charge in [-0.3, -0.25) is 0 Å². The van der Waals surface area contributed by atoms with Crippen LogP contribution in [0.3, 0.4) is 0 Å². The third-order valence-corrected chi connectivity index (χ3v) is 3.39. The molecule has 1 heterocycles. The number of nitrogens with zero attached hydrogens (tertiary/aromatic N) is 1. The largest absolute Gasteiger partial charge is 0.394 e. The van der Waals surface area contributed by atoms with Gasteiger partial charge in [0.2, 0.25) is 5.95 Å². The molecule has 84 valence electrons. The Hall–Kier alpha value is -1.55. The Bertz CT molecular complexity index is 463. The molecule has 0 saturated heterocycles. The van der Waals surface area contributed by atoms with Gasteiger partial charge in [-0.15, -0.1) is 0 Å². The van der Waals surface area contributed by atoms with Crippen molar-refractivity contribution in [3.05, 3.63) is 24.3 Å². The topological polar surface area (TPSA) is 60.9 Å². The minimum absolute atomic E-state index is 0.145. The highest BCUT2D eigenvalue weighted by atomic mass is 16.3. The van der Waals surface area contributed by atoms with Gasteiger partial charge >= 0.3 is 0 Å². The van der Waals surface area contributed by atoms with E-state index in [4.69, 9.17) is 0 Å². The van der Waals surface area contributed by atoms with E-state index in [2.05, 4.69) is 15.3 Å². The number of hydrogen-bond donors (Lipinski definition) is 3. The van der Waals surface area contributed by atoms with Crippen molar-refractivity contribution < 1.29 is 5.11 Å². The van der Waals surface area contributed by atoms with E-state index in [1.54, 1.807) is 0 Å². The summed E-state index contributed by atoms with van der Waals surface area (Å²) in [5, 5.41) is 12.7. The van der Waals surface area contributed by atoms with Crippen molar-refractivity contribution >= 4 is 17.0 Å². The summed E-state index contributed by atoms with van der Waals surface area (Å²) >= 11 is 0. The summed E-state index contributed by atoms with van der Waals surface area (Å²) in [6.45, 7) is 0.171. The van der Waals surface area contributed by atoms with Gasteiger partial charge < -0.3 is 15.4 Å². The molecule has 0 spiro atoms. The maximum atomic E-state index is 9.37. The van der Waals surface area contributed by atoms with E-state index >= 15 is 0 Å². The van der Waals surface area contributed by atoms with Gasteiger partial charge in [-0.25, -0.2) is 4.98 Å². The summed E-state index contributed by atoms with van der Waals surface area (Å²) in [4.78, 5) is 7.67. The summed E-state index contributed by atoms with van der Waals surface area (Å²) in [6.07, 6.45) is 3.20. The first-order valence-corrected chi connectivity index (χ1v) is 5.65. The van der Waals surface area contributed by atoms with Crippen LogP contribution in [0.4, 0.5) is 5.95 Å². The fourth-order valence-electron chi connectivity index (χ4n) is 2.19. The van der Waals surface area contributed by atoms with E-state index in [1.165, 1.54) is 6.42 Å². The zero-order chi connectivity index (χ0) is 11.0. The Balaban J connectivity index is 1.89. The third-order valence-electron chi connectivity index (χ3n) is 3.39. The Morgan fingerprint density at radius 3 is 2.81 bits per heavy atom. The number of para-hydroxylation sites is 2. The van der Waals surface area contributed by atoms with Gasteiger partial charge in [0, 0.05) is 0 Å². The molecule has 4 nitrogen and oxygen atoms in total. The van der Waals surface area contributed by atoms with Gasteiger partial charge in [-0.05, 0) is 31.4 Å². The van der Waals surface area contributed by atoms with Crippen molar-refractivity contribution in [2.45, 2.75) is 24.8 Å². The van der Waals surface area contributed by atoms with Crippen molar-refractivity contribution in [1.29, 1.82) is 0 Å².